The molecular weight excluding hydrogens is 233 g/mol. The van der Waals surface area contributed by atoms with Crippen LogP contribution >= 0.6 is 15.9 Å². The first-order valence-electron chi connectivity index (χ1n) is 4.16. The molecule has 68 valence electrons. The molecule has 2 rings (SSSR count). The first-order valence-corrected chi connectivity index (χ1v) is 4.95. The molecule has 1 aliphatic carbocycles. The van der Waals surface area contributed by atoms with Crippen molar-refractivity contribution >= 4 is 21.6 Å². The van der Waals surface area contributed by atoms with E-state index in [2.05, 4.69) is 20.9 Å². The van der Waals surface area contributed by atoms with Crippen LogP contribution in [0.5, 0.6) is 0 Å². The van der Waals surface area contributed by atoms with Gasteiger partial charge in [-0.2, -0.15) is 0 Å². The molecule has 13 heavy (non-hydrogen) atoms. The summed E-state index contributed by atoms with van der Waals surface area (Å²) >= 11 is 3.28. The Morgan fingerprint density at radius 1 is 1.38 bits per heavy atom. The highest BCUT2D eigenvalue weighted by Gasteiger charge is 2.21. The fourth-order valence-corrected chi connectivity index (χ4v) is 2.23. The van der Waals surface area contributed by atoms with Crippen molar-refractivity contribution in [2.75, 3.05) is 7.05 Å². The Balaban J connectivity index is 2.65. The van der Waals surface area contributed by atoms with Gasteiger partial charge in [0.05, 0.1) is 0 Å². The predicted octanol–water partition coefficient (Wildman–Crippen LogP) is 2.95. The van der Waals surface area contributed by atoms with Gasteiger partial charge >= 0.3 is 0 Å². The molecule has 0 fully saturated rings. The second-order valence-corrected chi connectivity index (χ2v) is 4.01. The third-order valence-electron chi connectivity index (χ3n) is 2.33. The lowest BCUT2D eigenvalue weighted by Crippen LogP contribution is -1.98. The van der Waals surface area contributed by atoms with Crippen LogP contribution in [0, 0.1) is 5.82 Å². The van der Waals surface area contributed by atoms with E-state index in [4.69, 9.17) is 0 Å². The normalized spacial score (nSPS) is 17.9. The second kappa shape index (κ2) is 3.22. The molecule has 0 atom stereocenters. The Morgan fingerprint density at radius 2 is 2.15 bits per heavy atom. The maximum atomic E-state index is 13.5. The number of benzene rings is 1. The van der Waals surface area contributed by atoms with Crippen molar-refractivity contribution in [3.63, 3.8) is 0 Å². The summed E-state index contributed by atoms with van der Waals surface area (Å²) in [5.74, 6) is -0.164. The van der Waals surface area contributed by atoms with Crippen LogP contribution in [0.2, 0.25) is 0 Å². The molecule has 1 nitrogen and oxygen atoms in total. The first-order chi connectivity index (χ1) is 6.22. The first kappa shape index (κ1) is 8.88. The van der Waals surface area contributed by atoms with Gasteiger partial charge in [-0.15, -0.1) is 0 Å². The van der Waals surface area contributed by atoms with Crippen LogP contribution < -0.4 is 0 Å². The van der Waals surface area contributed by atoms with E-state index in [-0.39, 0.29) is 5.82 Å². The third-order valence-corrected chi connectivity index (χ3v) is 2.78. The number of fused-ring (bicyclic) bond motifs is 1. The number of nitrogens with zero attached hydrogens (tertiary/aromatic N) is 1. The zero-order valence-electron chi connectivity index (χ0n) is 7.27. The smallest absolute Gasteiger partial charge is 0.133 e. The zero-order chi connectivity index (χ0) is 9.42. The predicted molar refractivity (Wildman–Crippen MR) is 54.9 cm³/mol. The highest BCUT2D eigenvalue weighted by molar-refractivity contribution is 9.10. The van der Waals surface area contributed by atoms with Gasteiger partial charge in [-0.25, -0.2) is 4.39 Å². The van der Waals surface area contributed by atoms with Gasteiger partial charge in [0.1, 0.15) is 5.82 Å². The summed E-state index contributed by atoms with van der Waals surface area (Å²) in [5, 5.41) is 0. The second-order valence-electron chi connectivity index (χ2n) is 3.09. The average molecular weight is 242 g/mol. The van der Waals surface area contributed by atoms with Gasteiger partial charge in [0, 0.05) is 22.8 Å². The minimum atomic E-state index is -0.164. The summed E-state index contributed by atoms with van der Waals surface area (Å²) in [7, 11) is 1.71. The minimum Gasteiger partial charge on any atom is -0.292 e. The quantitative estimate of drug-likeness (QED) is 0.663. The van der Waals surface area contributed by atoms with E-state index >= 15 is 0 Å². The van der Waals surface area contributed by atoms with E-state index in [0.717, 1.165) is 28.6 Å². The maximum absolute atomic E-state index is 13.5. The fourth-order valence-electron chi connectivity index (χ4n) is 1.75. The zero-order valence-corrected chi connectivity index (χ0v) is 8.86. The van der Waals surface area contributed by atoms with Gasteiger partial charge < -0.3 is 0 Å². The molecule has 0 N–H and O–H groups in total. The maximum Gasteiger partial charge on any atom is 0.133 e. The van der Waals surface area contributed by atoms with Crippen LogP contribution in [0.3, 0.4) is 0 Å². The van der Waals surface area contributed by atoms with Crippen molar-refractivity contribution in [1.29, 1.82) is 0 Å². The highest BCUT2D eigenvalue weighted by atomic mass is 79.9. The third kappa shape index (κ3) is 1.41. The Hall–Kier alpha value is -0.700. The van der Waals surface area contributed by atoms with Crippen molar-refractivity contribution in [2.24, 2.45) is 4.99 Å². The topological polar surface area (TPSA) is 12.4 Å². The lowest BCUT2D eigenvalue weighted by molar-refractivity contribution is 0.624. The van der Waals surface area contributed by atoms with Gasteiger partial charge in [-0.1, -0.05) is 15.9 Å². The largest absolute Gasteiger partial charge is 0.292 e. The summed E-state index contributed by atoms with van der Waals surface area (Å²) in [5.41, 5.74) is 2.66. The molecule has 0 spiro atoms. The van der Waals surface area contributed by atoms with Crippen molar-refractivity contribution in [2.45, 2.75) is 12.8 Å². The lowest BCUT2D eigenvalue weighted by Gasteiger charge is -2.02. The number of aliphatic imine (C=N–C) groups is 1. The van der Waals surface area contributed by atoms with Crippen LogP contribution in [0.25, 0.3) is 0 Å². The molecular formula is C10H9BrFN. The summed E-state index contributed by atoms with van der Waals surface area (Å²) in [4.78, 5) is 4.08. The Kier molecular flexibility index (Phi) is 2.20. The molecule has 1 aromatic rings. The van der Waals surface area contributed by atoms with E-state index in [1.54, 1.807) is 7.05 Å². The molecule has 0 unspecified atom stereocenters. The molecule has 1 aliphatic rings. The van der Waals surface area contributed by atoms with E-state index in [1.165, 1.54) is 6.07 Å². The number of aryl methyl sites for hydroxylation is 1. The van der Waals surface area contributed by atoms with E-state index < -0.39 is 0 Å². The molecule has 0 aliphatic heterocycles. The summed E-state index contributed by atoms with van der Waals surface area (Å²) < 4.78 is 14.3. The van der Waals surface area contributed by atoms with Gasteiger partial charge in [0.2, 0.25) is 0 Å². The highest BCUT2D eigenvalue weighted by Crippen LogP contribution is 2.28. The Labute approximate surface area is 84.8 Å². The van der Waals surface area contributed by atoms with Gasteiger partial charge in [-0.05, 0) is 30.5 Å². The van der Waals surface area contributed by atoms with Crippen molar-refractivity contribution in [3.8, 4) is 0 Å². The average Bonchev–Trinajstić information content (AvgIpc) is 2.47. The van der Waals surface area contributed by atoms with Crippen molar-refractivity contribution in [3.05, 3.63) is 33.5 Å². The Morgan fingerprint density at radius 3 is 2.85 bits per heavy atom. The molecule has 0 heterocycles. The fraction of sp³-hybridized carbons (Fsp3) is 0.300. The van der Waals surface area contributed by atoms with Crippen LogP contribution in [-0.2, 0) is 6.42 Å². The van der Waals surface area contributed by atoms with Crippen molar-refractivity contribution in [1.82, 2.24) is 0 Å². The van der Waals surface area contributed by atoms with Crippen molar-refractivity contribution < 1.29 is 4.39 Å². The van der Waals surface area contributed by atoms with Crippen LogP contribution in [-0.4, -0.2) is 12.8 Å². The van der Waals surface area contributed by atoms with Crippen LogP contribution in [0.4, 0.5) is 4.39 Å². The summed E-state index contributed by atoms with van der Waals surface area (Å²) in [6.07, 6.45) is 1.76. The lowest BCUT2D eigenvalue weighted by atomic mass is 10.1. The molecule has 0 amide bonds. The molecule has 0 bridgehead atoms. The minimum absolute atomic E-state index is 0.164. The van der Waals surface area contributed by atoms with Gasteiger partial charge in [0.15, 0.2) is 0 Å². The SMILES string of the molecule is CN=C1CCc2cc(Br)cc(F)c21. The van der Waals surface area contributed by atoms with E-state index in [9.17, 15) is 4.39 Å². The van der Waals surface area contributed by atoms with Crippen LogP contribution in [0.1, 0.15) is 17.5 Å². The molecule has 1 aromatic carbocycles. The van der Waals surface area contributed by atoms with E-state index in [0.29, 0.717) is 5.56 Å². The van der Waals surface area contributed by atoms with Crippen LogP contribution in [0.15, 0.2) is 21.6 Å². The molecule has 0 radical (unpaired) electrons. The Bertz CT molecular complexity index is 385. The number of hydrogen-bond donors (Lipinski definition) is 0. The van der Waals surface area contributed by atoms with Gasteiger partial charge in [-0.3, -0.25) is 4.99 Å². The standard InChI is InChI=1S/C10H9BrFN/c1-13-9-3-2-6-4-7(11)5-8(12)10(6)9/h4-5H,2-3H2,1H3. The molecule has 0 aromatic heterocycles. The summed E-state index contributed by atoms with van der Waals surface area (Å²) in [6, 6.07) is 3.46. The monoisotopic (exact) mass is 241 g/mol. The summed E-state index contributed by atoms with van der Waals surface area (Å²) in [6.45, 7) is 0. The number of halogens is 2. The number of rotatable bonds is 0. The van der Waals surface area contributed by atoms with Gasteiger partial charge in [0.25, 0.3) is 0 Å². The molecule has 3 heteroatoms. The number of hydrogen-bond acceptors (Lipinski definition) is 1. The van der Waals surface area contributed by atoms with E-state index in [1.807, 2.05) is 6.07 Å². The molecule has 0 saturated heterocycles. The molecule has 0 saturated carbocycles.